The smallest absolute Gasteiger partial charge is 0.194 e. The molecule has 3 rings (SSSR count). The fourth-order valence-electron chi connectivity index (χ4n) is 3.74. The van der Waals surface area contributed by atoms with E-state index in [0.717, 1.165) is 55.3 Å². The zero-order valence-corrected chi connectivity index (χ0v) is 20.1. The lowest BCUT2D eigenvalue weighted by Gasteiger charge is -2.25. The first-order valence-electron chi connectivity index (χ1n) is 9.12. The van der Waals surface area contributed by atoms with Crippen molar-refractivity contribution >= 4 is 45.9 Å². The molecule has 0 amide bonds. The highest BCUT2D eigenvalue weighted by Crippen LogP contribution is 2.38. The number of guanidine groups is 1. The van der Waals surface area contributed by atoms with Gasteiger partial charge >= 0.3 is 0 Å². The van der Waals surface area contributed by atoms with Gasteiger partial charge in [0.15, 0.2) is 17.5 Å². The second kappa shape index (κ2) is 10.2. The number of ether oxygens (including phenoxy) is 3. The Morgan fingerprint density at radius 3 is 2.78 bits per heavy atom. The minimum atomic E-state index is 0. The number of nitrogens with one attached hydrogen (secondary N) is 1. The van der Waals surface area contributed by atoms with Gasteiger partial charge in [-0.15, -0.1) is 24.0 Å². The van der Waals surface area contributed by atoms with Crippen LogP contribution in [0.15, 0.2) is 21.6 Å². The third kappa shape index (κ3) is 5.20. The third-order valence-corrected chi connectivity index (χ3v) is 5.75. The molecule has 1 unspecified atom stereocenters. The molecule has 1 spiro atoms. The van der Waals surface area contributed by atoms with Gasteiger partial charge < -0.3 is 24.4 Å². The molecule has 2 saturated heterocycles. The Bertz CT molecular complexity index is 666. The summed E-state index contributed by atoms with van der Waals surface area (Å²) in [6.07, 6.45) is 2.34. The lowest BCUT2D eigenvalue weighted by molar-refractivity contribution is 0.156. The van der Waals surface area contributed by atoms with E-state index in [-0.39, 0.29) is 24.0 Å². The van der Waals surface area contributed by atoms with E-state index in [1.165, 1.54) is 6.42 Å². The van der Waals surface area contributed by atoms with Crippen LogP contribution in [-0.4, -0.2) is 57.9 Å². The van der Waals surface area contributed by atoms with Gasteiger partial charge in [0.1, 0.15) is 0 Å². The van der Waals surface area contributed by atoms with E-state index < -0.39 is 0 Å². The van der Waals surface area contributed by atoms with Crippen molar-refractivity contribution in [3.63, 3.8) is 0 Å². The van der Waals surface area contributed by atoms with Crippen LogP contribution in [0.1, 0.15) is 25.3 Å². The molecule has 0 radical (unpaired) electrons. The van der Waals surface area contributed by atoms with E-state index in [0.29, 0.717) is 23.5 Å². The average molecular weight is 554 g/mol. The number of methoxy groups -OCH3 is 2. The van der Waals surface area contributed by atoms with Gasteiger partial charge in [-0.25, -0.2) is 4.99 Å². The van der Waals surface area contributed by atoms with Crippen LogP contribution in [0.4, 0.5) is 0 Å². The Labute approximate surface area is 187 Å². The first kappa shape index (κ1) is 22.5. The Kier molecular flexibility index (Phi) is 8.48. The fourth-order valence-corrected chi connectivity index (χ4v) is 4.39. The van der Waals surface area contributed by atoms with Gasteiger partial charge in [0, 0.05) is 31.7 Å². The zero-order chi connectivity index (χ0) is 18.6. The molecule has 2 aliphatic heterocycles. The monoisotopic (exact) mass is 553 g/mol. The molecule has 8 heteroatoms. The maximum Gasteiger partial charge on any atom is 0.194 e. The van der Waals surface area contributed by atoms with Gasteiger partial charge in [-0.3, -0.25) is 0 Å². The normalized spacial score (nSPS) is 22.1. The largest absolute Gasteiger partial charge is 0.493 e. The summed E-state index contributed by atoms with van der Waals surface area (Å²) in [5, 5.41) is 3.43. The first-order chi connectivity index (χ1) is 12.6. The predicted octanol–water partition coefficient (Wildman–Crippen LogP) is 3.66. The van der Waals surface area contributed by atoms with Crippen molar-refractivity contribution in [1.29, 1.82) is 0 Å². The number of hydrogen-bond acceptors (Lipinski definition) is 4. The maximum absolute atomic E-state index is 5.64. The molecule has 1 N–H and O–H groups in total. The molecule has 152 valence electrons. The van der Waals surface area contributed by atoms with Crippen LogP contribution in [-0.2, 0) is 11.3 Å². The molecule has 2 aliphatic rings. The van der Waals surface area contributed by atoms with Crippen LogP contribution in [0.5, 0.6) is 11.5 Å². The van der Waals surface area contributed by atoms with Gasteiger partial charge in [0.2, 0.25) is 0 Å². The predicted molar refractivity (Wildman–Crippen MR) is 122 cm³/mol. The Morgan fingerprint density at radius 1 is 1.33 bits per heavy atom. The molecule has 0 aromatic heterocycles. The van der Waals surface area contributed by atoms with Gasteiger partial charge in [-0.1, -0.05) is 0 Å². The summed E-state index contributed by atoms with van der Waals surface area (Å²) < 4.78 is 17.3. The summed E-state index contributed by atoms with van der Waals surface area (Å²) in [4.78, 5) is 7.23. The topological polar surface area (TPSA) is 55.3 Å². The lowest BCUT2D eigenvalue weighted by Crippen LogP contribution is -2.41. The Hall–Kier alpha value is -0.740. The van der Waals surface area contributed by atoms with Crippen molar-refractivity contribution in [2.24, 2.45) is 10.4 Å². The van der Waals surface area contributed by atoms with Crippen LogP contribution in [0.3, 0.4) is 0 Å². The number of likely N-dealkylation sites (tertiary alicyclic amines) is 1. The number of rotatable bonds is 5. The zero-order valence-electron chi connectivity index (χ0n) is 16.2. The highest BCUT2D eigenvalue weighted by molar-refractivity contribution is 14.0. The highest BCUT2D eigenvalue weighted by atomic mass is 127. The van der Waals surface area contributed by atoms with E-state index >= 15 is 0 Å². The summed E-state index contributed by atoms with van der Waals surface area (Å²) in [5.41, 5.74) is 1.39. The van der Waals surface area contributed by atoms with E-state index in [2.05, 4.69) is 33.1 Å². The quantitative estimate of drug-likeness (QED) is 0.342. The fraction of sp³-hybridized carbons (Fsp3) is 0.632. The van der Waals surface area contributed by atoms with Gasteiger partial charge in [-0.2, -0.15) is 0 Å². The van der Waals surface area contributed by atoms with Crippen LogP contribution in [0.2, 0.25) is 0 Å². The molecular formula is C19H29BrIN3O3. The van der Waals surface area contributed by atoms with E-state index in [1.807, 2.05) is 12.1 Å². The minimum Gasteiger partial charge on any atom is -0.493 e. The summed E-state index contributed by atoms with van der Waals surface area (Å²) in [7, 11) is 3.29. The first-order valence-corrected chi connectivity index (χ1v) is 9.91. The average Bonchev–Trinajstić information content (AvgIpc) is 3.28. The van der Waals surface area contributed by atoms with E-state index in [1.54, 1.807) is 14.2 Å². The SMILES string of the molecule is CCNC(=NCc1cc(Br)c(OC)c(OC)c1)N1CCC2(CCOC2)C1.I. The maximum atomic E-state index is 5.64. The molecule has 27 heavy (non-hydrogen) atoms. The Morgan fingerprint density at radius 2 is 2.15 bits per heavy atom. The van der Waals surface area contributed by atoms with Crippen LogP contribution >= 0.6 is 39.9 Å². The van der Waals surface area contributed by atoms with Crippen molar-refractivity contribution < 1.29 is 14.2 Å². The summed E-state index contributed by atoms with van der Waals surface area (Å²) >= 11 is 3.55. The second-order valence-corrected chi connectivity index (χ2v) is 7.81. The van der Waals surface area contributed by atoms with Gasteiger partial charge in [0.05, 0.1) is 31.8 Å². The van der Waals surface area contributed by atoms with Crippen molar-refractivity contribution in [3.05, 3.63) is 22.2 Å². The number of aliphatic imine (C=N–C) groups is 1. The van der Waals surface area contributed by atoms with Crippen molar-refractivity contribution in [3.8, 4) is 11.5 Å². The number of nitrogens with zero attached hydrogens (tertiary/aromatic N) is 2. The van der Waals surface area contributed by atoms with E-state index in [9.17, 15) is 0 Å². The molecular weight excluding hydrogens is 525 g/mol. The number of halogens is 2. The van der Waals surface area contributed by atoms with Gasteiger partial charge in [-0.05, 0) is 53.4 Å². The van der Waals surface area contributed by atoms with Crippen LogP contribution in [0.25, 0.3) is 0 Å². The number of benzene rings is 1. The van der Waals surface area contributed by atoms with E-state index in [4.69, 9.17) is 19.2 Å². The second-order valence-electron chi connectivity index (χ2n) is 6.96. The molecule has 2 fully saturated rings. The lowest BCUT2D eigenvalue weighted by atomic mass is 9.87. The standard InChI is InChI=1S/C19H28BrN3O3.HI/c1-4-21-18(23-7-5-19(12-23)6-8-26-13-19)22-11-14-9-15(20)17(25-3)16(10-14)24-2;/h9-10H,4-8,11-13H2,1-3H3,(H,21,22);1H. The molecule has 2 heterocycles. The third-order valence-electron chi connectivity index (χ3n) is 5.16. The Balaban J connectivity index is 0.00000261. The van der Waals surface area contributed by atoms with Crippen molar-refractivity contribution in [1.82, 2.24) is 10.2 Å². The van der Waals surface area contributed by atoms with Crippen molar-refractivity contribution in [2.45, 2.75) is 26.3 Å². The van der Waals surface area contributed by atoms with Gasteiger partial charge in [0.25, 0.3) is 0 Å². The van der Waals surface area contributed by atoms with Crippen molar-refractivity contribution in [2.75, 3.05) is 47.1 Å². The molecule has 0 saturated carbocycles. The number of hydrogen-bond donors (Lipinski definition) is 1. The molecule has 0 bridgehead atoms. The summed E-state index contributed by atoms with van der Waals surface area (Å²) in [5.74, 6) is 2.39. The van der Waals surface area contributed by atoms with Crippen LogP contribution in [0, 0.1) is 5.41 Å². The molecule has 6 nitrogen and oxygen atoms in total. The molecule has 1 aromatic carbocycles. The minimum absolute atomic E-state index is 0. The molecule has 0 aliphatic carbocycles. The van der Waals surface area contributed by atoms with Crippen LogP contribution < -0.4 is 14.8 Å². The molecule has 1 atom stereocenters. The highest BCUT2D eigenvalue weighted by Gasteiger charge is 2.42. The molecule has 1 aromatic rings. The summed E-state index contributed by atoms with van der Waals surface area (Å²) in [6.45, 7) is 7.37. The summed E-state index contributed by atoms with van der Waals surface area (Å²) in [6, 6.07) is 4.01.